The highest BCUT2D eigenvalue weighted by molar-refractivity contribution is 7.09. The van der Waals surface area contributed by atoms with Crippen LogP contribution < -0.4 is 10.1 Å². The fourth-order valence-corrected chi connectivity index (χ4v) is 2.41. The molecule has 0 saturated heterocycles. The number of alkyl halides is 3. The number of nitrogens with zero attached hydrogens (tertiary/aromatic N) is 1. The maximum Gasteiger partial charge on any atom is 0.418 e. The number of hydrogen-bond acceptors (Lipinski definition) is 4. The maximum atomic E-state index is 13.0. The number of thiazole rings is 1. The zero-order valence-corrected chi connectivity index (χ0v) is 11.7. The molecular formula is C13H13F3N2OS. The lowest BCUT2D eigenvalue weighted by atomic mass is 10.1. The Kier molecular flexibility index (Phi) is 4.17. The van der Waals surface area contributed by atoms with E-state index in [9.17, 15) is 13.2 Å². The largest absolute Gasteiger partial charge is 0.497 e. The smallest absolute Gasteiger partial charge is 0.418 e. The summed E-state index contributed by atoms with van der Waals surface area (Å²) in [7, 11) is 1.33. The fraction of sp³-hybridized carbons (Fsp3) is 0.308. The quantitative estimate of drug-likeness (QED) is 0.923. The molecule has 0 aliphatic rings. The van der Waals surface area contributed by atoms with Gasteiger partial charge in [0.25, 0.3) is 0 Å². The van der Waals surface area contributed by atoms with Gasteiger partial charge in [0.15, 0.2) is 0 Å². The van der Waals surface area contributed by atoms with Crippen molar-refractivity contribution in [1.29, 1.82) is 0 Å². The van der Waals surface area contributed by atoms with Crippen LogP contribution in [0.5, 0.6) is 5.75 Å². The Morgan fingerprint density at radius 3 is 2.65 bits per heavy atom. The molecule has 0 radical (unpaired) electrons. The molecule has 0 fully saturated rings. The van der Waals surface area contributed by atoms with E-state index in [1.807, 2.05) is 12.3 Å². The second-order valence-corrected chi connectivity index (χ2v) is 5.09. The highest BCUT2D eigenvalue weighted by atomic mass is 32.1. The van der Waals surface area contributed by atoms with E-state index in [0.29, 0.717) is 0 Å². The molecule has 0 atom stereocenters. The minimum Gasteiger partial charge on any atom is -0.497 e. The molecule has 108 valence electrons. The van der Waals surface area contributed by atoms with Crippen LogP contribution in [-0.4, -0.2) is 12.1 Å². The van der Waals surface area contributed by atoms with Gasteiger partial charge < -0.3 is 10.1 Å². The number of halogens is 3. The zero-order chi connectivity index (χ0) is 14.8. The highest BCUT2D eigenvalue weighted by Gasteiger charge is 2.34. The predicted octanol–water partition coefficient (Wildman–Crippen LogP) is 4.09. The molecule has 7 heteroatoms. The van der Waals surface area contributed by atoms with Gasteiger partial charge in [-0.05, 0) is 25.1 Å². The normalized spacial score (nSPS) is 11.4. The topological polar surface area (TPSA) is 34.1 Å². The van der Waals surface area contributed by atoms with Crippen LogP contribution in [0.4, 0.5) is 18.9 Å². The van der Waals surface area contributed by atoms with E-state index in [0.717, 1.165) is 16.8 Å². The Hall–Kier alpha value is -1.76. The van der Waals surface area contributed by atoms with E-state index < -0.39 is 11.7 Å². The predicted molar refractivity (Wildman–Crippen MR) is 72.2 cm³/mol. The van der Waals surface area contributed by atoms with Gasteiger partial charge in [-0.25, -0.2) is 4.98 Å². The third-order valence-electron chi connectivity index (χ3n) is 2.63. The first-order chi connectivity index (χ1) is 9.40. The summed E-state index contributed by atoms with van der Waals surface area (Å²) in [5, 5.41) is 5.37. The van der Waals surface area contributed by atoms with Gasteiger partial charge in [0.1, 0.15) is 10.8 Å². The fourth-order valence-electron chi connectivity index (χ4n) is 1.69. The molecule has 2 rings (SSSR count). The SMILES string of the molecule is COc1ccc(NCc2nc(C)cs2)c(C(F)(F)F)c1. The number of ether oxygens (including phenoxy) is 1. The lowest BCUT2D eigenvalue weighted by molar-refractivity contribution is -0.137. The summed E-state index contributed by atoms with van der Waals surface area (Å²) in [4.78, 5) is 4.20. The first-order valence-corrected chi connectivity index (χ1v) is 6.68. The summed E-state index contributed by atoms with van der Waals surface area (Å²) in [6, 6.07) is 3.84. The third kappa shape index (κ3) is 3.41. The minimum atomic E-state index is -4.43. The van der Waals surface area contributed by atoms with Crippen molar-refractivity contribution in [3.05, 3.63) is 39.8 Å². The molecule has 1 aromatic carbocycles. The van der Waals surface area contributed by atoms with E-state index in [4.69, 9.17) is 4.74 Å². The third-order valence-corrected chi connectivity index (χ3v) is 3.60. The van der Waals surface area contributed by atoms with Gasteiger partial charge in [0.05, 0.1) is 19.2 Å². The Balaban J connectivity index is 2.22. The molecule has 0 amide bonds. The van der Waals surface area contributed by atoms with E-state index in [2.05, 4.69) is 10.3 Å². The molecule has 1 N–H and O–H groups in total. The van der Waals surface area contributed by atoms with Crippen molar-refractivity contribution in [2.75, 3.05) is 12.4 Å². The second-order valence-electron chi connectivity index (χ2n) is 4.15. The van der Waals surface area contributed by atoms with Gasteiger partial charge in [-0.2, -0.15) is 13.2 Å². The van der Waals surface area contributed by atoms with Crippen molar-refractivity contribution < 1.29 is 17.9 Å². The molecule has 0 spiro atoms. The van der Waals surface area contributed by atoms with Crippen LogP contribution in [0.2, 0.25) is 0 Å². The Labute approximate surface area is 118 Å². The summed E-state index contributed by atoms with van der Waals surface area (Å²) in [5.74, 6) is 0.174. The van der Waals surface area contributed by atoms with Gasteiger partial charge in [-0.3, -0.25) is 0 Å². The first kappa shape index (κ1) is 14.6. The standard InChI is InChI=1S/C13H13F3N2OS/c1-8-7-20-12(18-8)6-17-11-4-3-9(19-2)5-10(11)13(14,15)16/h3-5,7,17H,6H2,1-2H3. The summed E-state index contributed by atoms with van der Waals surface area (Å²) >= 11 is 1.41. The maximum absolute atomic E-state index is 13.0. The zero-order valence-electron chi connectivity index (χ0n) is 10.9. The van der Waals surface area contributed by atoms with Gasteiger partial charge in [-0.15, -0.1) is 11.3 Å². The van der Waals surface area contributed by atoms with Gasteiger partial charge in [-0.1, -0.05) is 0 Å². The van der Waals surface area contributed by atoms with Gasteiger partial charge in [0.2, 0.25) is 0 Å². The molecule has 3 nitrogen and oxygen atoms in total. The van der Waals surface area contributed by atoms with Gasteiger partial charge in [0, 0.05) is 16.8 Å². The monoisotopic (exact) mass is 302 g/mol. The average Bonchev–Trinajstić information content (AvgIpc) is 2.81. The van der Waals surface area contributed by atoms with E-state index >= 15 is 0 Å². The van der Waals surface area contributed by atoms with Gasteiger partial charge >= 0.3 is 6.18 Å². The van der Waals surface area contributed by atoms with Crippen LogP contribution in [0.3, 0.4) is 0 Å². The van der Waals surface area contributed by atoms with Crippen molar-refractivity contribution >= 4 is 17.0 Å². The van der Waals surface area contributed by atoms with E-state index in [-0.39, 0.29) is 18.0 Å². The summed E-state index contributed by atoms with van der Waals surface area (Å²) < 4.78 is 43.8. The number of anilines is 1. The molecule has 2 aromatic rings. The number of hydrogen-bond donors (Lipinski definition) is 1. The molecule has 0 unspecified atom stereocenters. The molecule has 1 aromatic heterocycles. The Morgan fingerprint density at radius 1 is 1.35 bits per heavy atom. The highest BCUT2D eigenvalue weighted by Crippen LogP contribution is 2.37. The molecule has 0 saturated carbocycles. The number of aromatic nitrogens is 1. The first-order valence-electron chi connectivity index (χ1n) is 5.80. The number of aryl methyl sites for hydroxylation is 1. The Bertz CT molecular complexity index is 596. The van der Waals surface area contributed by atoms with Crippen molar-refractivity contribution in [2.45, 2.75) is 19.6 Å². The lowest BCUT2D eigenvalue weighted by Crippen LogP contribution is -2.11. The Morgan fingerprint density at radius 2 is 2.10 bits per heavy atom. The summed E-state index contributed by atoms with van der Waals surface area (Å²) in [6.45, 7) is 2.10. The van der Waals surface area contributed by atoms with Crippen LogP contribution in [0, 0.1) is 6.92 Å². The second kappa shape index (κ2) is 5.70. The van der Waals surface area contributed by atoms with E-state index in [1.54, 1.807) is 0 Å². The number of methoxy groups -OCH3 is 1. The number of rotatable bonds is 4. The van der Waals surface area contributed by atoms with Crippen LogP contribution in [0.1, 0.15) is 16.3 Å². The minimum absolute atomic E-state index is 0.0196. The molecule has 0 aliphatic carbocycles. The molecule has 20 heavy (non-hydrogen) atoms. The van der Waals surface area contributed by atoms with Crippen molar-refractivity contribution in [2.24, 2.45) is 0 Å². The van der Waals surface area contributed by atoms with Crippen LogP contribution in [0.15, 0.2) is 23.6 Å². The number of nitrogens with one attached hydrogen (secondary N) is 1. The average molecular weight is 302 g/mol. The molecule has 1 heterocycles. The molecule has 0 bridgehead atoms. The van der Waals surface area contributed by atoms with Crippen molar-refractivity contribution in [3.8, 4) is 5.75 Å². The van der Waals surface area contributed by atoms with E-state index in [1.165, 1.54) is 30.6 Å². The lowest BCUT2D eigenvalue weighted by Gasteiger charge is -2.15. The van der Waals surface area contributed by atoms with Crippen LogP contribution in [-0.2, 0) is 12.7 Å². The number of benzene rings is 1. The summed E-state index contributed by atoms with van der Waals surface area (Å²) in [5.41, 5.74) is 0.133. The summed E-state index contributed by atoms with van der Waals surface area (Å²) in [6.07, 6.45) is -4.43. The molecular weight excluding hydrogens is 289 g/mol. The van der Waals surface area contributed by atoms with Crippen molar-refractivity contribution in [1.82, 2.24) is 4.98 Å². The van der Waals surface area contributed by atoms with Crippen LogP contribution >= 0.6 is 11.3 Å². The van der Waals surface area contributed by atoms with Crippen molar-refractivity contribution in [3.63, 3.8) is 0 Å². The van der Waals surface area contributed by atoms with Crippen LogP contribution in [0.25, 0.3) is 0 Å². The molecule has 0 aliphatic heterocycles.